The van der Waals surface area contributed by atoms with Crippen molar-refractivity contribution in [3.63, 3.8) is 0 Å². The van der Waals surface area contributed by atoms with Crippen molar-refractivity contribution in [2.75, 3.05) is 0 Å². The van der Waals surface area contributed by atoms with E-state index in [1.807, 2.05) is 0 Å². The van der Waals surface area contributed by atoms with E-state index in [4.69, 9.17) is 10.2 Å². The van der Waals surface area contributed by atoms with E-state index in [-0.39, 0.29) is 0 Å². The quantitative estimate of drug-likeness (QED) is 0.0567. The second-order valence-electron chi connectivity index (χ2n) is 13.2. The van der Waals surface area contributed by atoms with Crippen molar-refractivity contribution in [3.8, 4) is 0 Å². The van der Waals surface area contributed by atoms with Crippen LogP contribution in [0.3, 0.4) is 0 Å². The predicted molar refractivity (Wildman–Crippen MR) is 181 cm³/mol. The molecule has 0 aliphatic carbocycles. The van der Waals surface area contributed by atoms with Crippen LogP contribution in [0.1, 0.15) is 212 Å². The first-order valence-corrected chi connectivity index (χ1v) is 18.6. The largest absolute Gasteiger partial charge is 0.481 e. The lowest BCUT2D eigenvalue weighted by molar-refractivity contribution is -0.138. The van der Waals surface area contributed by atoms with Crippen molar-refractivity contribution in [1.29, 1.82) is 0 Å². The number of unbranched alkanes of at least 4 members (excludes halogenated alkanes) is 24. The summed E-state index contributed by atoms with van der Waals surface area (Å²) >= 11 is 0. The highest BCUT2D eigenvalue weighted by Crippen LogP contribution is 2.28. The summed E-state index contributed by atoms with van der Waals surface area (Å²) in [4.78, 5) is 21.2. The molecule has 0 bridgehead atoms. The minimum absolute atomic E-state index is 0.322. The first kappa shape index (κ1) is 40.7. The van der Waals surface area contributed by atoms with E-state index >= 15 is 0 Å². The second-order valence-corrected chi connectivity index (χ2v) is 13.2. The fourth-order valence-corrected chi connectivity index (χ4v) is 6.23. The standard InChI is InChI=1S/C38H72O4/c1-3-4-5-6-7-10-16-21-26-31-36(32-27-22-17-12-9-14-19-24-29-34-38(41)42)35(2)30-25-20-15-11-8-13-18-23-28-33-37(39)40/h36H,2-34H2,1H3,(H,39,40)(H,41,42). The first-order valence-electron chi connectivity index (χ1n) is 18.6. The van der Waals surface area contributed by atoms with Crippen LogP contribution in [0, 0.1) is 5.92 Å². The second kappa shape index (κ2) is 32.6. The van der Waals surface area contributed by atoms with Crippen LogP contribution in [0.2, 0.25) is 0 Å². The Bertz CT molecular complexity index is 614. The molecule has 0 saturated carbocycles. The average Bonchev–Trinajstić information content (AvgIpc) is 2.96. The van der Waals surface area contributed by atoms with Gasteiger partial charge < -0.3 is 10.2 Å². The smallest absolute Gasteiger partial charge is 0.303 e. The van der Waals surface area contributed by atoms with Crippen LogP contribution in [-0.4, -0.2) is 22.2 Å². The van der Waals surface area contributed by atoms with Crippen LogP contribution in [-0.2, 0) is 9.59 Å². The van der Waals surface area contributed by atoms with Gasteiger partial charge in [0.1, 0.15) is 0 Å². The Kier molecular flexibility index (Phi) is 31.6. The maximum Gasteiger partial charge on any atom is 0.303 e. The molecule has 248 valence electrons. The molecular formula is C38H72O4. The van der Waals surface area contributed by atoms with Crippen molar-refractivity contribution in [2.45, 2.75) is 212 Å². The lowest BCUT2D eigenvalue weighted by atomic mass is 9.86. The van der Waals surface area contributed by atoms with Crippen molar-refractivity contribution >= 4 is 11.9 Å². The molecule has 0 aliphatic rings. The number of carbonyl (C=O) groups is 2. The molecule has 0 amide bonds. The Hall–Kier alpha value is -1.32. The van der Waals surface area contributed by atoms with Crippen molar-refractivity contribution < 1.29 is 19.8 Å². The lowest BCUT2D eigenvalue weighted by Crippen LogP contribution is -2.05. The van der Waals surface area contributed by atoms with E-state index in [9.17, 15) is 9.59 Å². The zero-order chi connectivity index (χ0) is 30.9. The molecule has 0 aromatic heterocycles. The Balaban J connectivity index is 4.07. The molecule has 4 nitrogen and oxygen atoms in total. The van der Waals surface area contributed by atoms with E-state index in [2.05, 4.69) is 13.5 Å². The fourth-order valence-electron chi connectivity index (χ4n) is 6.23. The van der Waals surface area contributed by atoms with E-state index in [0.717, 1.165) is 31.6 Å². The summed E-state index contributed by atoms with van der Waals surface area (Å²) in [5.41, 5.74) is 1.52. The van der Waals surface area contributed by atoms with Gasteiger partial charge in [-0.1, -0.05) is 173 Å². The third-order valence-corrected chi connectivity index (χ3v) is 9.07. The van der Waals surface area contributed by atoms with Crippen LogP contribution in [0.4, 0.5) is 0 Å². The highest BCUT2D eigenvalue weighted by Gasteiger charge is 2.12. The van der Waals surface area contributed by atoms with Gasteiger partial charge in [0.2, 0.25) is 0 Å². The Morgan fingerprint density at radius 2 is 0.690 bits per heavy atom. The molecule has 1 atom stereocenters. The maximum absolute atomic E-state index is 10.6. The van der Waals surface area contributed by atoms with Crippen LogP contribution >= 0.6 is 0 Å². The monoisotopic (exact) mass is 593 g/mol. The normalized spacial score (nSPS) is 12.0. The van der Waals surface area contributed by atoms with Crippen LogP contribution in [0.5, 0.6) is 0 Å². The predicted octanol–water partition coefficient (Wildman–Crippen LogP) is 12.8. The highest BCUT2D eigenvalue weighted by atomic mass is 16.4. The van der Waals surface area contributed by atoms with Crippen molar-refractivity contribution in [3.05, 3.63) is 12.2 Å². The highest BCUT2D eigenvalue weighted by molar-refractivity contribution is 5.66. The summed E-state index contributed by atoms with van der Waals surface area (Å²) in [6.45, 7) is 6.89. The molecular weight excluding hydrogens is 520 g/mol. The molecule has 0 aromatic carbocycles. The molecule has 0 rings (SSSR count). The number of aliphatic carboxylic acids is 2. The Morgan fingerprint density at radius 3 is 1.00 bits per heavy atom. The van der Waals surface area contributed by atoms with Gasteiger partial charge in [-0.3, -0.25) is 9.59 Å². The Morgan fingerprint density at radius 1 is 0.429 bits per heavy atom. The van der Waals surface area contributed by atoms with Gasteiger partial charge in [-0.2, -0.15) is 0 Å². The molecule has 0 aliphatic heterocycles. The first-order chi connectivity index (χ1) is 20.5. The van der Waals surface area contributed by atoms with Crippen LogP contribution in [0.15, 0.2) is 12.2 Å². The lowest BCUT2D eigenvalue weighted by Gasteiger charge is -2.20. The minimum Gasteiger partial charge on any atom is -0.481 e. The van der Waals surface area contributed by atoms with E-state index < -0.39 is 11.9 Å². The number of carboxylic acids is 2. The summed E-state index contributed by atoms with van der Waals surface area (Å²) in [7, 11) is 0. The van der Waals surface area contributed by atoms with Gasteiger partial charge in [-0.25, -0.2) is 0 Å². The minimum atomic E-state index is -0.665. The van der Waals surface area contributed by atoms with E-state index in [0.29, 0.717) is 12.8 Å². The van der Waals surface area contributed by atoms with Gasteiger partial charge in [0, 0.05) is 12.8 Å². The maximum atomic E-state index is 10.6. The SMILES string of the molecule is C=C(CCCCCCCCCCCC(=O)O)C(CCCCCCCCCCC)CCCCCCCCCCCC(=O)O. The third-order valence-electron chi connectivity index (χ3n) is 9.07. The van der Waals surface area contributed by atoms with Gasteiger partial charge in [0.25, 0.3) is 0 Å². The van der Waals surface area contributed by atoms with Gasteiger partial charge in [0.15, 0.2) is 0 Å². The fraction of sp³-hybridized carbons (Fsp3) is 0.895. The molecule has 4 heteroatoms. The molecule has 42 heavy (non-hydrogen) atoms. The number of hydrogen-bond donors (Lipinski definition) is 2. The molecule has 1 unspecified atom stereocenters. The molecule has 0 fully saturated rings. The molecule has 2 N–H and O–H groups in total. The molecule has 0 heterocycles. The van der Waals surface area contributed by atoms with Crippen molar-refractivity contribution in [1.82, 2.24) is 0 Å². The molecule has 0 aromatic rings. The number of carboxylic acid groups (broad SMARTS) is 2. The zero-order valence-electron chi connectivity index (χ0n) is 28.1. The summed E-state index contributed by atoms with van der Waals surface area (Å²) in [6, 6.07) is 0. The van der Waals surface area contributed by atoms with E-state index in [1.165, 1.54) is 173 Å². The number of hydrogen-bond acceptors (Lipinski definition) is 2. The summed E-state index contributed by atoms with van der Waals surface area (Å²) < 4.78 is 0. The molecule has 0 spiro atoms. The number of allylic oxidation sites excluding steroid dienone is 1. The molecule has 0 saturated heterocycles. The number of rotatable bonds is 35. The summed E-state index contributed by atoms with van der Waals surface area (Å²) in [5.74, 6) is -0.611. The third kappa shape index (κ3) is 31.6. The van der Waals surface area contributed by atoms with E-state index in [1.54, 1.807) is 0 Å². The van der Waals surface area contributed by atoms with Crippen molar-refractivity contribution in [2.24, 2.45) is 5.92 Å². The van der Waals surface area contributed by atoms with Crippen LogP contribution < -0.4 is 0 Å². The Labute approximate surface area is 261 Å². The van der Waals surface area contributed by atoms with Gasteiger partial charge in [-0.15, -0.1) is 0 Å². The summed E-state index contributed by atoms with van der Waals surface area (Å²) in [6.07, 6.45) is 38.9. The summed E-state index contributed by atoms with van der Waals surface area (Å²) in [5, 5.41) is 17.4. The topological polar surface area (TPSA) is 74.6 Å². The van der Waals surface area contributed by atoms with Gasteiger partial charge in [-0.05, 0) is 44.4 Å². The molecule has 0 radical (unpaired) electrons. The van der Waals surface area contributed by atoms with Gasteiger partial charge in [0.05, 0.1) is 0 Å². The van der Waals surface area contributed by atoms with Crippen LogP contribution in [0.25, 0.3) is 0 Å². The van der Waals surface area contributed by atoms with Gasteiger partial charge >= 0.3 is 11.9 Å². The average molecular weight is 593 g/mol. The zero-order valence-corrected chi connectivity index (χ0v) is 28.1.